The second kappa shape index (κ2) is 13.2. The predicted molar refractivity (Wildman–Crippen MR) is 249 cm³/mol. The van der Waals surface area contributed by atoms with Crippen LogP contribution in [-0.4, -0.2) is 9.13 Å². The number of rotatable bonds is 4. The molecule has 0 aliphatic heterocycles. The van der Waals surface area contributed by atoms with E-state index in [2.05, 4.69) is 221 Å². The SMILES string of the molecule is CC(C)c1c(-n2c3ccccc3c3ccccc32)ccc2c1c1c(-c3cc(C(C)(C)C)cc(C(C)(C)C)c3)cccc1n2-c1cc(C(C)(C)C)cc(C(C)(C)C)c1. The highest BCUT2D eigenvalue weighted by atomic mass is 15.0. The molecular weight excluding hydrogens is 689 g/mol. The van der Waals surface area contributed by atoms with Crippen LogP contribution in [0.1, 0.15) is 131 Å². The van der Waals surface area contributed by atoms with Crippen LogP contribution in [-0.2, 0) is 21.7 Å². The lowest BCUT2D eigenvalue weighted by Crippen LogP contribution is -2.17. The minimum Gasteiger partial charge on any atom is -0.309 e. The second-order valence-electron chi connectivity index (χ2n) is 21.0. The zero-order chi connectivity index (χ0) is 41.0. The number of hydrogen-bond donors (Lipinski definition) is 0. The van der Waals surface area contributed by atoms with Crippen LogP contribution in [0.25, 0.3) is 66.1 Å². The van der Waals surface area contributed by atoms with Crippen molar-refractivity contribution in [1.82, 2.24) is 9.13 Å². The molecule has 0 bridgehead atoms. The molecule has 8 rings (SSSR count). The molecule has 2 heterocycles. The maximum Gasteiger partial charge on any atom is 0.0547 e. The quantitative estimate of drug-likeness (QED) is 0.170. The van der Waals surface area contributed by atoms with Crippen molar-refractivity contribution >= 4 is 43.6 Å². The van der Waals surface area contributed by atoms with E-state index in [9.17, 15) is 0 Å². The van der Waals surface area contributed by atoms with Gasteiger partial charge in [0.2, 0.25) is 0 Å². The summed E-state index contributed by atoms with van der Waals surface area (Å²) in [6, 6.07) is 44.4. The molecule has 2 aromatic heterocycles. The predicted octanol–water partition coefficient (Wildman–Crippen LogP) is 15.9. The lowest BCUT2D eigenvalue weighted by atomic mass is 9.78. The van der Waals surface area contributed by atoms with Crippen molar-refractivity contribution in [2.24, 2.45) is 0 Å². The number of fused-ring (bicyclic) bond motifs is 6. The highest BCUT2D eigenvalue weighted by molar-refractivity contribution is 6.18. The van der Waals surface area contributed by atoms with Gasteiger partial charge in [0.05, 0.1) is 27.8 Å². The Morgan fingerprint density at radius 3 is 1.32 bits per heavy atom. The molecule has 0 N–H and O–H groups in total. The van der Waals surface area contributed by atoms with Crippen LogP contribution in [0.15, 0.2) is 115 Å². The van der Waals surface area contributed by atoms with Gasteiger partial charge in [-0.2, -0.15) is 0 Å². The van der Waals surface area contributed by atoms with Crippen LogP contribution in [0.4, 0.5) is 0 Å². The molecule has 0 radical (unpaired) electrons. The fraction of sp³-hybridized carbons (Fsp3) is 0.345. The van der Waals surface area contributed by atoms with Gasteiger partial charge in [0, 0.05) is 27.2 Å². The first-order valence-corrected chi connectivity index (χ1v) is 21.1. The Kier molecular flexibility index (Phi) is 9.00. The molecule has 0 aliphatic rings. The monoisotopic (exact) mass is 750 g/mol. The Bertz CT molecular complexity index is 2720. The Morgan fingerprint density at radius 2 is 0.842 bits per heavy atom. The number of benzene rings is 6. The topological polar surface area (TPSA) is 9.86 Å². The number of nitrogens with zero attached hydrogens (tertiary/aromatic N) is 2. The Balaban J connectivity index is 1.59. The molecule has 292 valence electrons. The molecule has 0 unspecified atom stereocenters. The third-order valence-electron chi connectivity index (χ3n) is 12.3. The van der Waals surface area contributed by atoms with E-state index >= 15 is 0 Å². The number of aromatic nitrogens is 2. The molecule has 0 spiro atoms. The van der Waals surface area contributed by atoms with Gasteiger partial charge in [0.25, 0.3) is 0 Å². The molecule has 0 fully saturated rings. The lowest BCUT2D eigenvalue weighted by molar-refractivity contribution is 0.567. The van der Waals surface area contributed by atoms with Gasteiger partial charge in [-0.25, -0.2) is 0 Å². The smallest absolute Gasteiger partial charge is 0.0547 e. The van der Waals surface area contributed by atoms with Gasteiger partial charge in [-0.05, 0) is 109 Å². The van der Waals surface area contributed by atoms with E-state index in [1.807, 2.05) is 0 Å². The Labute approximate surface area is 341 Å². The first-order valence-electron chi connectivity index (χ1n) is 21.1. The Hall–Kier alpha value is -5.08. The van der Waals surface area contributed by atoms with E-state index < -0.39 is 0 Å². The van der Waals surface area contributed by atoms with Crippen LogP contribution in [0.2, 0.25) is 0 Å². The van der Waals surface area contributed by atoms with Gasteiger partial charge in [0.1, 0.15) is 0 Å². The summed E-state index contributed by atoms with van der Waals surface area (Å²) < 4.78 is 5.11. The van der Waals surface area contributed by atoms with Gasteiger partial charge in [-0.15, -0.1) is 0 Å². The molecule has 0 amide bonds. The van der Waals surface area contributed by atoms with E-state index in [1.165, 1.54) is 93.9 Å². The largest absolute Gasteiger partial charge is 0.309 e. The normalized spacial score (nSPS) is 13.2. The molecule has 8 aromatic rings. The fourth-order valence-corrected chi connectivity index (χ4v) is 8.90. The van der Waals surface area contributed by atoms with E-state index in [0.717, 1.165) is 0 Å². The minimum atomic E-state index is -0.0104. The molecule has 2 heteroatoms. The zero-order valence-corrected chi connectivity index (χ0v) is 36.9. The van der Waals surface area contributed by atoms with Crippen LogP contribution in [0.5, 0.6) is 0 Å². The van der Waals surface area contributed by atoms with Gasteiger partial charge >= 0.3 is 0 Å². The minimum absolute atomic E-state index is 0.00144. The summed E-state index contributed by atoms with van der Waals surface area (Å²) >= 11 is 0. The average Bonchev–Trinajstić information content (AvgIpc) is 3.65. The first-order chi connectivity index (χ1) is 26.6. The van der Waals surface area contributed by atoms with Crippen LogP contribution < -0.4 is 0 Å². The van der Waals surface area contributed by atoms with E-state index in [4.69, 9.17) is 0 Å². The van der Waals surface area contributed by atoms with Gasteiger partial charge < -0.3 is 9.13 Å². The average molecular weight is 751 g/mol. The van der Waals surface area contributed by atoms with Crippen molar-refractivity contribution in [2.45, 2.75) is 125 Å². The standard InChI is InChI=1S/C55H62N2/c1-34(2)49-47(57-44-23-17-15-20-42(44)43-21-16-18-24-45(43)57)26-27-48-51(49)50-41(35-28-36(52(3,4)5)30-37(29-35)53(6,7)8)22-19-25-46(50)56(48)40-32-38(54(9,10)11)31-39(33-40)55(12,13)14/h15-34H,1-14H3. The second-order valence-corrected chi connectivity index (χ2v) is 21.0. The van der Waals surface area contributed by atoms with Gasteiger partial charge in [0.15, 0.2) is 0 Å². The summed E-state index contributed by atoms with van der Waals surface area (Å²) in [6.07, 6.45) is 0. The Morgan fingerprint density at radius 1 is 0.404 bits per heavy atom. The molecule has 0 aliphatic carbocycles. The fourth-order valence-electron chi connectivity index (χ4n) is 8.90. The molecule has 0 atom stereocenters. The zero-order valence-electron chi connectivity index (χ0n) is 36.9. The maximum atomic E-state index is 2.58. The van der Waals surface area contributed by atoms with Crippen molar-refractivity contribution in [1.29, 1.82) is 0 Å². The summed E-state index contributed by atoms with van der Waals surface area (Å²) in [5.41, 5.74) is 16.8. The highest BCUT2D eigenvalue weighted by Crippen LogP contribution is 2.47. The molecular formula is C55H62N2. The van der Waals surface area contributed by atoms with Crippen LogP contribution in [0, 0.1) is 0 Å². The lowest BCUT2D eigenvalue weighted by Gasteiger charge is -2.27. The van der Waals surface area contributed by atoms with E-state index in [-0.39, 0.29) is 27.6 Å². The highest BCUT2D eigenvalue weighted by Gasteiger charge is 2.28. The summed E-state index contributed by atoms with van der Waals surface area (Å²) in [7, 11) is 0. The van der Waals surface area contributed by atoms with E-state index in [1.54, 1.807) is 0 Å². The van der Waals surface area contributed by atoms with Crippen LogP contribution >= 0.6 is 0 Å². The first kappa shape index (κ1) is 38.8. The number of para-hydroxylation sites is 2. The molecule has 6 aromatic carbocycles. The van der Waals surface area contributed by atoms with E-state index in [0.29, 0.717) is 0 Å². The van der Waals surface area contributed by atoms with Gasteiger partial charge in [-0.3, -0.25) is 0 Å². The third kappa shape index (κ3) is 6.60. The van der Waals surface area contributed by atoms with Crippen molar-refractivity contribution in [2.75, 3.05) is 0 Å². The molecule has 57 heavy (non-hydrogen) atoms. The summed E-state index contributed by atoms with van der Waals surface area (Å²) in [5, 5.41) is 5.23. The third-order valence-corrected chi connectivity index (χ3v) is 12.3. The summed E-state index contributed by atoms with van der Waals surface area (Å²) in [5.74, 6) is 0.243. The number of hydrogen-bond acceptors (Lipinski definition) is 0. The van der Waals surface area contributed by atoms with Crippen molar-refractivity contribution < 1.29 is 0 Å². The molecule has 2 nitrogen and oxygen atoms in total. The van der Waals surface area contributed by atoms with Crippen molar-refractivity contribution in [3.63, 3.8) is 0 Å². The van der Waals surface area contributed by atoms with Gasteiger partial charge in [-0.1, -0.05) is 170 Å². The summed E-state index contributed by atoms with van der Waals surface area (Å²) in [4.78, 5) is 0. The van der Waals surface area contributed by atoms with Crippen molar-refractivity contribution in [3.8, 4) is 22.5 Å². The summed E-state index contributed by atoms with van der Waals surface area (Å²) in [6.45, 7) is 32.9. The van der Waals surface area contributed by atoms with Crippen molar-refractivity contribution in [3.05, 3.63) is 143 Å². The molecule has 0 saturated heterocycles. The maximum absolute atomic E-state index is 2.58. The van der Waals surface area contributed by atoms with Crippen LogP contribution in [0.3, 0.4) is 0 Å². The molecule has 0 saturated carbocycles.